The SMILES string of the molecule is CN=C(NC[C@H]1CCCN1S(C)(=O)=O)NC1CC2CCC1O2.I. The van der Waals surface area contributed by atoms with Gasteiger partial charge in [0.1, 0.15) is 0 Å². The molecular formula is C14H27IN4O3S. The summed E-state index contributed by atoms with van der Waals surface area (Å²) >= 11 is 0. The first-order valence-corrected chi connectivity index (χ1v) is 9.91. The maximum Gasteiger partial charge on any atom is 0.211 e. The Morgan fingerprint density at radius 2 is 2.13 bits per heavy atom. The lowest BCUT2D eigenvalue weighted by atomic mass is 9.96. The molecular weight excluding hydrogens is 431 g/mol. The van der Waals surface area contributed by atoms with Crippen molar-refractivity contribution >= 4 is 40.0 Å². The van der Waals surface area contributed by atoms with Crippen LogP contribution in [0.4, 0.5) is 0 Å². The fraction of sp³-hybridized carbons (Fsp3) is 0.929. The van der Waals surface area contributed by atoms with Gasteiger partial charge in [-0.3, -0.25) is 4.99 Å². The summed E-state index contributed by atoms with van der Waals surface area (Å²) in [4.78, 5) is 4.25. The molecule has 3 unspecified atom stereocenters. The Hall–Kier alpha value is -0.130. The molecule has 3 saturated heterocycles. The van der Waals surface area contributed by atoms with E-state index in [1.54, 1.807) is 11.4 Å². The zero-order chi connectivity index (χ0) is 15.7. The van der Waals surface area contributed by atoms with Gasteiger partial charge in [0, 0.05) is 26.2 Å². The summed E-state index contributed by atoms with van der Waals surface area (Å²) in [6, 6.07) is 0.337. The molecule has 0 aliphatic carbocycles. The van der Waals surface area contributed by atoms with E-state index >= 15 is 0 Å². The first kappa shape index (κ1) is 19.2. The van der Waals surface area contributed by atoms with Crippen LogP contribution in [0.25, 0.3) is 0 Å². The van der Waals surface area contributed by atoms with Gasteiger partial charge in [-0.05, 0) is 32.1 Å². The molecule has 3 aliphatic heterocycles. The van der Waals surface area contributed by atoms with E-state index in [0.717, 1.165) is 31.6 Å². The zero-order valence-electron chi connectivity index (χ0n) is 13.7. The van der Waals surface area contributed by atoms with Gasteiger partial charge < -0.3 is 15.4 Å². The van der Waals surface area contributed by atoms with Crippen molar-refractivity contribution in [2.24, 2.45) is 4.99 Å². The van der Waals surface area contributed by atoms with Crippen LogP contribution in [0.2, 0.25) is 0 Å². The third-order valence-corrected chi connectivity index (χ3v) is 6.24. The molecule has 3 heterocycles. The molecule has 134 valence electrons. The van der Waals surface area contributed by atoms with Crippen molar-refractivity contribution in [1.29, 1.82) is 0 Å². The molecule has 2 bridgehead atoms. The Labute approximate surface area is 155 Å². The maximum absolute atomic E-state index is 11.8. The second-order valence-electron chi connectivity index (χ2n) is 6.48. The van der Waals surface area contributed by atoms with E-state index in [4.69, 9.17) is 4.74 Å². The van der Waals surface area contributed by atoms with Crippen molar-refractivity contribution in [2.75, 3.05) is 26.4 Å². The number of nitrogens with one attached hydrogen (secondary N) is 2. The van der Waals surface area contributed by atoms with Crippen molar-refractivity contribution in [3.05, 3.63) is 0 Å². The van der Waals surface area contributed by atoms with Crippen molar-refractivity contribution in [3.8, 4) is 0 Å². The molecule has 23 heavy (non-hydrogen) atoms. The van der Waals surface area contributed by atoms with Crippen LogP contribution in [0.5, 0.6) is 0 Å². The van der Waals surface area contributed by atoms with E-state index < -0.39 is 10.0 Å². The van der Waals surface area contributed by atoms with Crippen LogP contribution in [0.3, 0.4) is 0 Å². The standard InChI is InChI=1S/C14H26N4O3S.HI/c1-15-14(17-12-8-11-5-6-13(12)21-11)16-9-10-4-3-7-18(10)22(2,19)20;/h10-13H,3-9H2,1-2H3,(H2,15,16,17);1H/t10-,11?,12?,13?;/m1./s1. The predicted molar refractivity (Wildman–Crippen MR) is 101 cm³/mol. The van der Waals surface area contributed by atoms with E-state index in [0.29, 0.717) is 31.3 Å². The number of halogens is 1. The average molecular weight is 458 g/mol. The van der Waals surface area contributed by atoms with Gasteiger partial charge in [-0.1, -0.05) is 0 Å². The highest BCUT2D eigenvalue weighted by atomic mass is 127. The summed E-state index contributed by atoms with van der Waals surface area (Å²) in [7, 11) is -1.38. The minimum atomic E-state index is -3.12. The third-order valence-electron chi connectivity index (χ3n) is 4.91. The second kappa shape index (κ2) is 7.83. The van der Waals surface area contributed by atoms with Gasteiger partial charge in [0.2, 0.25) is 10.0 Å². The van der Waals surface area contributed by atoms with Crippen LogP contribution in [0.1, 0.15) is 32.1 Å². The van der Waals surface area contributed by atoms with Crippen LogP contribution in [-0.4, -0.2) is 69.4 Å². The number of nitrogens with zero attached hydrogens (tertiary/aromatic N) is 2. The fourth-order valence-electron chi connectivity index (χ4n) is 3.82. The second-order valence-corrected chi connectivity index (χ2v) is 8.42. The molecule has 3 fully saturated rings. The first-order chi connectivity index (χ1) is 10.5. The third kappa shape index (κ3) is 4.49. The number of sulfonamides is 1. The van der Waals surface area contributed by atoms with Gasteiger partial charge in [-0.15, -0.1) is 24.0 Å². The van der Waals surface area contributed by atoms with E-state index in [-0.39, 0.29) is 30.0 Å². The topological polar surface area (TPSA) is 83.0 Å². The molecule has 9 heteroatoms. The minimum absolute atomic E-state index is 0. The van der Waals surface area contributed by atoms with E-state index in [1.807, 2.05) is 0 Å². The van der Waals surface area contributed by atoms with E-state index in [9.17, 15) is 8.42 Å². The Balaban J connectivity index is 0.00000192. The normalized spacial score (nSPS) is 34.4. The Morgan fingerprint density at radius 3 is 2.70 bits per heavy atom. The van der Waals surface area contributed by atoms with Gasteiger partial charge >= 0.3 is 0 Å². The monoisotopic (exact) mass is 458 g/mol. The van der Waals surface area contributed by atoms with Crippen LogP contribution in [0.15, 0.2) is 4.99 Å². The highest BCUT2D eigenvalue weighted by Crippen LogP contribution is 2.34. The summed E-state index contributed by atoms with van der Waals surface area (Å²) in [6.07, 6.45) is 7.11. The quantitative estimate of drug-likeness (QED) is 0.365. The number of guanidine groups is 1. The number of aliphatic imine (C=N–C) groups is 1. The molecule has 4 atom stereocenters. The lowest BCUT2D eigenvalue weighted by molar-refractivity contribution is 0.0992. The lowest BCUT2D eigenvalue weighted by Crippen LogP contribution is -2.50. The highest BCUT2D eigenvalue weighted by Gasteiger charge is 2.41. The molecule has 0 saturated carbocycles. The van der Waals surface area contributed by atoms with Crippen LogP contribution in [0, 0.1) is 0 Å². The molecule has 3 aliphatic rings. The molecule has 0 radical (unpaired) electrons. The molecule has 0 aromatic heterocycles. The molecule has 0 aromatic rings. The van der Waals surface area contributed by atoms with Gasteiger partial charge in [0.25, 0.3) is 0 Å². The number of rotatable bonds is 4. The van der Waals surface area contributed by atoms with Crippen LogP contribution >= 0.6 is 24.0 Å². The van der Waals surface area contributed by atoms with Gasteiger partial charge in [0.05, 0.1) is 24.5 Å². The molecule has 3 rings (SSSR count). The Kier molecular flexibility index (Phi) is 6.54. The smallest absolute Gasteiger partial charge is 0.211 e. The Bertz CT molecular complexity index is 542. The largest absolute Gasteiger partial charge is 0.373 e. The maximum atomic E-state index is 11.8. The van der Waals surface area contributed by atoms with Gasteiger partial charge in [-0.25, -0.2) is 8.42 Å². The van der Waals surface area contributed by atoms with Crippen LogP contribution < -0.4 is 10.6 Å². The van der Waals surface area contributed by atoms with E-state index in [2.05, 4.69) is 15.6 Å². The lowest BCUT2D eigenvalue weighted by Gasteiger charge is -2.26. The molecule has 7 nitrogen and oxygen atoms in total. The number of ether oxygens (including phenoxy) is 1. The molecule has 0 aromatic carbocycles. The van der Waals surface area contributed by atoms with Crippen molar-refractivity contribution in [1.82, 2.24) is 14.9 Å². The summed E-state index contributed by atoms with van der Waals surface area (Å²) in [5.74, 6) is 0.738. The first-order valence-electron chi connectivity index (χ1n) is 8.07. The number of hydrogen-bond donors (Lipinski definition) is 2. The highest BCUT2D eigenvalue weighted by molar-refractivity contribution is 14.0. The van der Waals surface area contributed by atoms with Crippen molar-refractivity contribution in [3.63, 3.8) is 0 Å². The van der Waals surface area contributed by atoms with Gasteiger partial charge in [-0.2, -0.15) is 4.31 Å². The minimum Gasteiger partial charge on any atom is -0.373 e. The Morgan fingerprint density at radius 1 is 1.35 bits per heavy atom. The predicted octanol–water partition coefficient (Wildman–Crippen LogP) is 0.513. The van der Waals surface area contributed by atoms with Crippen LogP contribution in [-0.2, 0) is 14.8 Å². The summed E-state index contributed by atoms with van der Waals surface area (Å²) in [6.45, 7) is 1.21. The summed E-state index contributed by atoms with van der Waals surface area (Å²) in [5.41, 5.74) is 0. The van der Waals surface area contributed by atoms with Crippen molar-refractivity contribution < 1.29 is 13.2 Å². The summed E-state index contributed by atoms with van der Waals surface area (Å²) in [5, 5.41) is 6.70. The molecule has 0 spiro atoms. The van der Waals surface area contributed by atoms with E-state index in [1.165, 1.54) is 12.7 Å². The fourth-order valence-corrected chi connectivity index (χ4v) is 5.01. The zero-order valence-corrected chi connectivity index (χ0v) is 16.8. The summed E-state index contributed by atoms with van der Waals surface area (Å²) < 4.78 is 30.9. The average Bonchev–Trinajstić information content (AvgIpc) is 3.17. The number of hydrogen-bond acceptors (Lipinski definition) is 4. The molecule has 0 amide bonds. The molecule has 2 N–H and O–H groups in total. The van der Waals surface area contributed by atoms with Gasteiger partial charge in [0.15, 0.2) is 5.96 Å². The van der Waals surface area contributed by atoms with Crippen molar-refractivity contribution in [2.45, 2.75) is 56.4 Å². The number of fused-ring (bicyclic) bond motifs is 2.